The smallest absolute Gasteiger partial charge is 0.257 e. The Morgan fingerprint density at radius 2 is 1.86 bits per heavy atom. The maximum absolute atomic E-state index is 6.01. The monoisotopic (exact) mass is 294 g/mol. The first-order chi connectivity index (χ1) is 10.6. The van der Waals surface area contributed by atoms with Crippen molar-refractivity contribution in [3.05, 3.63) is 47.4 Å². The summed E-state index contributed by atoms with van der Waals surface area (Å²) < 4.78 is 7.80. The fourth-order valence-electron chi connectivity index (χ4n) is 2.41. The predicted molar refractivity (Wildman–Crippen MR) is 82.3 cm³/mol. The maximum Gasteiger partial charge on any atom is 0.257 e. The molecule has 0 unspecified atom stereocenters. The third-order valence-electron chi connectivity index (χ3n) is 3.67. The number of aromatic nitrogens is 4. The van der Waals surface area contributed by atoms with Gasteiger partial charge in [0.25, 0.3) is 5.78 Å². The van der Waals surface area contributed by atoms with Crippen LogP contribution in [0.4, 0.5) is 5.82 Å². The number of hydrogen-bond acceptors (Lipinski definition) is 6. The van der Waals surface area contributed by atoms with Crippen LogP contribution in [0, 0.1) is 13.8 Å². The molecule has 7 heteroatoms. The van der Waals surface area contributed by atoms with E-state index < -0.39 is 0 Å². The Morgan fingerprint density at radius 1 is 1.09 bits per heavy atom. The van der Waals surface area contributed by atoms with E-state index in [1.807, 2.05) is 45.2 Å². The first-order valence-corrected chi connectivity index (χ1v) is 6.91. The molecule has 4 rings (SSSR count). The van der Waals surface area contributed by atoms with Crippen LogP contribution in [0.5, 0.6) is 5.75 Å². The summed E-state index contributed by atoms with van der Waals surface area (Å²) in [6, 6.07) is 8.05. The molecule has 0 radical (unpaired) electrons. The quantitative estimate of drug-likeness (QED) is 0.686. The van der Waals surface area contributed by atoms with E-state index in [0.29, 0.717) is 23.2 Å². The number of hydrogen-bond donors (Lipinski definition) is 0. The highest BCUT2D eigenvalue weighted by Crippen LogP contribution is 2.33. The third-order valence-corrected chi connectivity index (χ3v) is 3.67. The summed E-state index contributed by atoms with van der Waals surface area (Å²) in [6.45, 7) is 3.99. The van der Waals surface area contributed by atoms with E-state index in [1.165, 1.54) is 5.56 Å². The van der Waals surface area contributed by atoms with Crippen molar-refractivity contribution in [1.82, 2.24) is 19.6 Å². The molecule has 0 bridgehead atoms. The van der Waals surface area contributed by atoms with Gasteiger partial charge in [-0.05, 0) is 26.0 Å². The zero-order chi connectivity index (χ0) is 15.3. The van der Waals surface area contributed by atoms with Gasteiger partial charge in [0, 0.05) is 12.6 Å². The van der Waals surface area contributed by atoms with Crippen molar-refractivity contribution >= 4 is 17.5 Å². The van der Waals surface area contributed by atoms with Crippen LogP contribution in [0.15, 0.2) is 35.7 Å². The first kappa shape index (κ1) is 12.8. The molecular weight excluding hydrogens is 280 g/mol. The average Bonchev–Trinajstić information content (AvgIpc) is 2.98. The van der Waals surface area contributed by atoms with Gasteiger partial charge in [-0.3, -0.25) is 4.40 Å². The van der Waals surface area contributed by atoms with Crippen molar-refractivity contribution in [1.29, 1.82) is 0 Å². The highest BCUT2D eigenvalue weighted by atomic mass is 16.5. The lowest BCUT2D eigenvalue weighted by molar-refractivity contribution is 0.518. The Labute approximate surface area is 126 Å². The third kappa shape index (κ3) is 1.82. The Bertz CT molecular complexity index is 896. The largest absolute Gasteiger partial charge is 0.431 e. The van der Waals surface area contributed by atoms with Gasteiger partial charge in [0.05, 0.1) is 5.69 Å². The van der Waals surface area contributed by atoms with E-state index in [2.05, 4.69) is 20.3 Å². The molecule has 2 aromatic heterocycles. The Hall–Kier alpha value is -2.96. The summed E-state index contributed by atoms with van der Waals surface area (Å²) in [7, 11) is 1.84. The van der Waals surface area contributed by atoms with Gasteiger partial charge >= 0.3 is 0 Å². The zero-order valence-electron chi connectivity index (χ0n) is 12.5. The molecular formula is C15H14N6O. The zero-order valence-corrected chi connectivity index (χ0v) is 12.5. The van der Waals surface area contributed by atoms with Crippen molar-refractivity contribution in [2.45, 2.75) is 13.8 Å². The van der Waals surface area contributed by atoms with Crippen molar-refractivity contribution in [2.24, 2.45) is 5.10 Å². The van der Waals surface area contributed by atoms with E-state index in [-0.39, 0.29) is 0 Å². The van der Waals surface area contributed by atoms with Crippen LogP contribution in [-0.4, -0.2) is 32.5 Å². The summed E-state index contributed by atoms with van der Waals surface area (Å²) in [5.74, 6) is 2.38. The average molecular weight is 294 g/mol. The minimum absolute atomic E-state index is 0.528. The van der Waals surface area contributed by atoms with Gasteiger partial charge in [0.1, 0.15) is 6.33 Å². The number of hydrazone groups is 1. The molecule has 1 aromatic carbocycles. The molecule has 0 saturated heterocycles. The lowest BCUT2D eigenvalue weighted by Gasteiger charge is -2.24. The van der Waals surface area contributed by atoms with Gasteiger partial charge < -0.3 is 4.74 Å². The summed E-state index contributed by atoms with van der Waals surface area (Å²) in [4.78, 5) is 4.44. The maximum atomic E-state index is 6.01. The van der Waals surface area contributed by atoms with Crippen LogP contribution in [0.3, 0.4) is 0 Å². The minimum atomic E-state index is 0.528. The number of anilines is 1. The molecule has 7 nitrogen and oxygen atoms in total. The molecule has 0 saturated carbocycles. The van der Waals surface area contributed by atoms with Gasteiger partial charge in [0.2, 0.25) is 5.90 Å². The van der Waals surface area contributed by atoms with E-state index in [9.17, 15) is 0 Å². The second-order valence-corrected chi connectivity index (χ2v) is 5.25. The molecule has 110 valence electrons. The highest BCUT2D eigenvalue weighted by Gasteiger charge is 2.25. The minimum Gasteiger partial charge on any atom is -0.431 e. The Balaban J connectivity index is 1.84. The van der Waals surface area contributed by atoms with E-state index in [1.54, 1.807) is 15.7 Å². The van der Waals surface area contributed by atoms with Gasteiger partial charge in [-0.2, -0.15) is 4.98 Å². The van der Waals surface area contributed by atoms with Crippen molar-refractivity contribution < 1.29 is 4.74 Å². The van der Waals surface area contributed by atoms with Gasteiger partial charge in [-0.1, -0.05) is 17.7 Å². The van der Waals surface area contributed by atoms with Crippen LogP contribution in [0.25, 0.3) is 5.78 Å². The van der Waals surface area contributed by atoms with E-state index in [0.717, 1.165) is 11.3 Å². The fourth-order valence-corrected chi connectivity index (χ4v) is 2.41. The normalized spacial score (nSPS) is 13.8. The van der Waals surface area contributed by atoms with Crippen LogP contribution in [0.2, 0.25) is 0 Å². The second-order valence-electron chi connectivity index (χ2n) is 5.25. The van der Waals surface area contributed by atoms with E-state index >= 15 is 0 Å². The lowest BCUT2D eigenvalue weighted by Crippen LogP contribution is -2.26. The molecule has 0 spiro atoms. The second kappa shape index (κ2) is 4.52. The number of nitrogens with zero attached hydrogens (tertiary/aromatic N) is 6. The SMILES string of the molecule is Cc1ccc(C2=NN(C)c3nc4nncn4c(C)c3O2)cc1. The Morgan fingerprint density at radius 3 is 2.64 bits per heavy atom. The number of ether oxygens (including phenoxy) is 1. The molecule has 0 fully saturated rings. The number of rotatable bonds is 1. The van der Waals surface area contributed by atoms with Crippen molar-refractivity contribution in [2.75, 3.05) is 12.1 Å². The number of fused-ring (bicyclic) bond motifs is 2. The van der Waals surface area contributed by atoms with Gasteiger partial charge in [-0.15, -0.1) is 15.3 Å². The molecule has 0 aliphatic carbocycles. The predicted octanol–water partition coefficient (Wildman–Crippen LogP) is 1.93. The molecule has 1 aliphatic rings. The van der Waals surface area contributed by atoms with Crippen molar-refractivity contribution in [3.8, 4) is 5.75 Å². The molecule has 3 aromatic rings. The van der Waals surface area contributed by atoms with Crippen LogP contribution in [0.1, 0.15) is 16.8 Å². The Kier molecular flexibility index (Phi) is 2.62. The van der Waals surface area contributed by atoms with Crippen molar-refractivity contribution in [3.63, 3.8) is 0 Å². The number of benzene rings is 1. The first-order valence-electron chi connectivity index (χ1n) is 6.91. The number of aryl methyl sites for hydroxylation is 2. The van der Waals surface area contributed by atoms with Gasteiger partial charge in [-0.25, -0.2) is 5.01 Å². The van der Waals surface area contributed by atoms with Crippen LogP contribution >= 0.6 is 0 Å². The summed E-state index contributed by atoms with van der Waals surface area (Å²) in [5.41, 5.74) is 3.00. The van der Waals surface area contributed by atoms with E-state index in [4.69, 9.17) is 4.74 Å². The van der Waals surface area contributed by atoms with Gasteiger partial charge in [0.15, 0.2) is 11.6 Å². The van der Waals surface area contributed by atoms with Crippen LogP contribution < -0.4 is 9.75 Å². The van der Waals surface area contributed by atoms with Crippen LogP contribution in [-0.2, 0) is 0 Å². The fraction of sp³-hybridized carbons (Fsp3) is 0.200. The molecule has 22 heavy (non-hydrogen) atoms. The molecule has 0 amide bonds. The molecule has 0 atom stereocenters. The molecule has 1 aliphatic heterocycles. The highest BCUT2D eigenvalue weighted by molar-refractivity contribution is 5.98. The molecule has 3 heterocycles. The topological polar surface area (TPSA) is 67.9 Å². The standard InChI is InChI=1S/C15H14N6O/c1-9-4-6-11(7-5-9)14-19-20(3)13-12(22-14)10(2)21-8-16-18-15(21)17-13/h4-8H,1-3H3. The summed E-state index contributed by atoms with van der Waals surface area (Å²) in [6.07, 6.45) is 1.62. The summed E-state index contributed by atoms with van der Waals surface area (Å²) in [5, 5.41) is 14.0. The lowest BCUT2D eigenvalue weighted by atomic mass is 10.1. The summed E-state index contributed by atoms with van der Waals surface area (Å²) >= 11 is 0. The molecule has 0 N–H and O–H groups in total.